The number of carbonyl (C=O) groups is 2. The van der Waals surface area contributed by atoms with Gasteiger partial charge in [0.1, 0.15) is 5.69 Å². The first-order valence-corrected chi connectivity index (χ1v) is 11.9. The van der Waals surface area contributed by atoms with Gasteiger partial charge in [0.05, 0.1) is 0 Å². The van der Waals surface area contributed by atoms with Crippen LogP contribution >= 0.6 is 0 Å². The zero-order chi connectivity index (χ0) is 24.5. The molecule has 0 bridgehead atoms. The topological polar surface area (TPSA) is 75.4 Å². The molecule has 0 radical (unpaired) electrons. The Kier molecular flexibility index (Phi) is 6.71. The number of anilines is 1. The van der Waals surface area contributed by atoms with Crippen LogP contribution in [0.5, 0.6) is 0 Å². The molecular formula is C28H33N3O3. The number of aryl methyl sites for hydroxylation is 1. The summed E-state index contributed by atoms with van der Waals surface area (Å²) in [6, 6.07) is 13.5. The molecule has 4 rings (SSSR count). The van der Waals surface area contributed by atoms with Crippen LogP contribution < -0.4 is 5.32 Å². The van der Waals surface area contributed by atoms with Crippen molar-refractivity contribution in [1.29, 1.82) is 0 Å². The average molecular weight is 460 g/mol. The van der Waals surface area contributed by atoms with Crippen molar-refractivity contribution in [2.75, 3.05) is 18.4 Å². The third kappa shape index (κ3) is 5.45. The van der Waals surface area contributed by atoms with E-state index in [-0.39, 0.29) is 22.9 Å². The van der Waals surface area contributed by atoms with E-state index in [1.807, 2.05) is 37.3 Å². The van der Waals surface area contributed by atoms with Gasteiger partial charge in [-0.05, 0) is 79.2 Å². The summed E-state index contributed by atoms with van der Waals surface area (Å²) in [6.45, 7) is 13.0. The maximum Gasteiger partial charge on any atom is 0.255 e. The lowest BCUT2D eigenvalue weighted by Gasteiger charge is -2.23. The number of likely N-dealkylation sites (tertiary alicyclic amines) is 1. The maximum atomic E-state index is 13.3. The molecule has 6 heteroatoms. The number of Topliss-reactive ketones (excluding diaryl/α,β-unsaturated/α-hetero) is 1. The Balaban J connectivity index is 1.61. The summed E-state index contributed by atoms with van der Waals surface area (Å²) in [7, 11) is 0. The van der Waals surface area contributed by atoms with Crippen molar-refractivity contribution in [2.24, 2.45) is 0 Å². The summed E-state index contributed by atoms with van der Waals surface area (Å²) in [5.74, 6) is -0.106. The molecule has 34 heavy (non-hydrogen) atoms. The van der Waals surface area contributed by atoms with Gasteiger partial charge in [-0.2, -0.15) is 0 Å². The predicted molar refractivity (Wildman–Crippen MR) is 134 cm³/mol. The third-order valence-electron chi connectivity index (χ3n) is 6.35. The molecule has 0 spiro atoms. The van der Waals surface area contributed by atoms with Crippen molar-refractivity contribution in [1.82, 2.24) is 10.1 Å². The van der Waals surface area contributed by atoms with Crippen LogP contribution in [0.2, 0.25) is 0 Å². The van der Waals surface area contributed by atoms with E-state index in [2.05, 4.69) is 42.2 Å². The summed E-state index contributed by atoms with van der Waals surface area (Å²) in [5, 5.41) is 7.08. The van der Waals surface area contributed by atoms with Gasteiger partial charge in [0, 0.05) is 36.3 Å². The van der Waals surface area contributed by atoms with E-state index in [1.165, 1.54) is 25.3 Å². The van der Waals surface area contributed by atoms with E-state index in [4.69, 9.17) is 4.52 Å². The molecule has 1 saturated heterocycles. The van der Waals surface area contributed by atoms with Crippen LogP contribution in [0.4, 0.5) is 5.69 Å². The molecule has 2 aromatic carbocycles. The van der Waals surface area contributed by atoms with Crippen LogP contribution in [0.15, 0.2) is 47.0 Å². The monoisotopic (exact) mass is 459 g/mol. The van der Waals surface area contributed by atoms with Crippen molar-refractivity contribution in [3.8, 4) is 11.3 Å². The van der Waals surface area contributed by atoms with E-state index >= 15 is 0 Å². The minimum absolute atomic E-state index is 0.0611. The Labute approximate surface area is 201 Å². The number of nitrogens with one attached hydrogen (secondary N) is 1. The quantitative estimate of drug-likeness (QED) is 0.458. The molecule has 178 valence electrons. The van der Waals surface area contributed by atoms with Crippen LogP contribution in [0.3, 0.4) is 0 Å². The van der Waals surface area contributed by atoms with E-state index in [0.717, 1.165) is 36.3 Å². The van der Waals surface area contributed by atoms with Crippen molar-refractivity contribution < 1.29 is 14.1 Å². The molecule has 2 heterocycles. The zero-order valence-corrected chi connectivity index (χ0v) is 20.7. The summed E-state index contributed by atoms with van der Waals surface area (Å²) in [5.41, 5.74) is 5.94. The summed E-state index contributed by atoms with van der Waals surface area (Å²) in [4.78, 5) is 27.3. The zero-order valence-electron chi connectivity index (χ0n) is 20.7. The molecule has 6 nitrogen and oxygen atoms in total. The first kappa shape index (κ1) is 23.9. The Morgan fingerprint density at radius 2 is 1.79 bits per heavy atom. The van der Waals surface area contributed by atoms with Crippen molar-refractivity contribution >= 4 is 17.4 Å². The van der Waals surface area contributed by atoms with Crippen molar-refractivity contribution in [3.63, 3.8) is 0 Å². The molecule has 3 aromatic rings. The normalized spacial score (nSPS) is 14.4. The van der Waals surface area contributed by atoms with Crippen molar-refractivity contribution in [2.45, 2.75) is 59.4 Å². The predicted octanol–water partition coefficient (Wildman–Crippen LogP) is 6.00. The lowest BCUT2D eigenvalue weighted by molar-refractivity contribution is 0.0977. The first-order chi connectivity index (χ1) is 16.1. The number of amides is 1. The second-order valence-electron chi connectivity index (χ2n) is 10.3. The molecule has 1 aliphatic heterocycles. The Bertz CT molecular complexity index is 1210. The molecule has 1 aliphatic rings. The summed E-state index contributed by atoms with van der Waals surface area (Å²) in [6.07, 6.45) is 2.48. The molecule has 0 aliphatic carbocycles. The van der Waals surface area contributed by atoms with Crippen LogP contribution in [0.1, 0.15) is 78.1 Å². The number of benzene rings is 2. The second-order valence-corrected chi connectivity index (χ2v) is 10.3. The van der Waals surface area contributed by atoms with Gasteiger partial charge in [-0.15, -0.1) is 0 Å². The van der Waals surface area contributed by atoms with E-state index in [9.17, 15) is 9.59 Å². The highest BCUT2D eigenvalue weighted by Crippen LogP contribution is 2.29. The second kappa shape index (κ2) is 9.55. The van der Waals surface area contributed by atoms with Gasteiger partial charge < -0.3 is 9.84 Å². The Morgan fingerprint density at radius 3 is 2.44 bits per heavy atom. The summed E-state index contributed by atoms with van der Waals surface area (Å²) >= 11 is 0. The van der Waals surface area contributed by atoms with Gasteiger partial charge in [-0.1, -0.05) is 38.1 Å². The lowest BCUT2D eigenvalue weighted by atomic mass is 9.85. The van der Waals surface area contributed by atoms with E-state index in [1.54, 1.807) is 6.07 Å². The number of ketones is 1. The molecule has 0 saturated carbocycles. The summed E-state index contributed by atoms with van der Waals surface area (Å²) < 4.78 is 5.15. The van der Waals surface area contributed by atoms with Crippen LogP contribution in [-0.2, 0) is 12.0 Å². The lowest BCUT2D eigenvalue weighted by Crippen LogP contribution is -2.21. The number of hydrogen-bond donors (Lipinski definition) is 1. The highest BCUT2D eigenvalue weighted by Gasteiger charge is 2.20. The SMILES string of the molecule is CC(=O)c1cc(-c2cc(NC(=O)c3cc(CN4CCCC4)cc(C(C)(C)C)c3)ccc2C)no1. The number of hydrogen-bond acceptors (Lipinski definition) is 5. The molecule has 0 atom stereocenters. The molecule has 1 N–H and O–H groups in total. The maximum absolute atomic E-state index is 13.3. The third-order valence-corrected chi connectivity index (χ3v) is 6.35. The van der Waals surface area contributed by atoms with Gasteiger partial charge in [-0.3, -0.25) is 14.5 Å². The minimum atomic E-state index is -0.177. The molecular weight excluding hydrogens is 426 g/mol. The van der Waals surface area contributed by atoms with Crippen LogP contribution in [0, 0.1) is 6.92 Å². The molecule has 1 fully saturated rings. The highest BCUT2D eigenvalue weighted by atomic mass is 16.5. The smallest absolute Gasteiger partial charge is 0.255 e. The number of carbonyl (C=O) groups excluding carboxylic acids is 2. The molecule has 0 unspecified atom stereocenters. The van der Waals surface area contributed by atoms with Crippen LogP contribution in [0.25, 0.3) is 11.3 Å². The number of rotatable bonds is 6. The van der Waals surface area contributed by atoms with Gasteiger partial charge >= 0.3 is 0 Å². The fourth-order valence-corrected chi connectivity index (χ4v) is 4.29. The fourth-order valence-electron chi connectivity index (χ4n) is 4.29. The Morgan fingerprint density at radius 1 is 1.06 bits per heavy atom. The van der Waals surface area contributed by atoms with Gasteiger partial charge in [0.2, 0.25) is 5.76 Å². The molecule has 1 amide bonds. The molecule has 1 aromatic heterocycles. The van der Waals surface area contributed by atoms with Crippen LogP contribution in [-0.4, -0.2) is 34.8 Å². The minimum Gasteiger partial charge on any atom is -0.353 e. The Hall–Kier alpha value is -3.25. The number of nitrogens with zero attached hydrogens (tertiary/aromatic N) is 2. The van der Waals surface area contributed by atoms with E-state index in [0.29, 0.717) is 16.9 Å². The number of aromatic nitrogens is 1. The van der Waals surface area contributed by atoms with Crippen molar-refractivity contribution in [3.05, 3.63) is 70.5 Å². The fraction of sp³-hybridized carbons (Fsp3) is 0.393. The van der Waals surface area contributed by atoms with E-state index < -0.39 is 0 Å². The standard InChI is InChI=1S/C28H33N3O3/c1-18-8-9-23(15-24(18)25-16-26(19(2)32)34-30-25)29-27(33)21-12-20(17-31-10-6-7-11-31)13-22(14-21)28(3,4)5/h8-9,12-16H,6-7,10-11,17H2,1-5H3,(H,29,33). The highest BCUT2D eigenvalue weighted by molar-refractivity contribution is 6.05. The van der Waals surface area contributed by atoms with Gasteiger partial charge in [0.15, 0.2) is 5.78 Å². The van der Waals surface area contributed by atoms with Gasteiger partial charge in [-0.25, -0.2) is 0 Å². The average Bonchev–Trinajstić information content (AvgIpc) is 3.46. The van der Waals surface area contributed by atoms with Gasteiger partial charge in [0.25, 0.3) is 5.91 Å². The largest absolute Gasteiger partial charge is 0.353 e. The first-order valence-electron chi connectivity index (χ1n) is 11.9.